The van der Waals surface area contributed by atoms with Crippen molar-refractivity contribution in [3.05, 3.63) is 35.4 Å². The first-order chi connectivity index (χ1) is 11.5. The summed E-state index contributed by atoms with van der Waals surface area (Å²) in [7, 11) is 0. The van der Waals surface area contributed by atoms with Crippen LogP contribution in [0.2, 0.25) is 0 Å². The molecule has 1 aromatic rings. The number of amides is 2. The third-order valence-corrected chi connectivity index (χ3v) is 4.55. The quantitative estimate of drug-likeness (QED) is 0.581. The minimum Gasteiger partial charge on any atom is -0.298 e. The molecule has 2 amide bonds. The van der Waals surface area contributed by atoms with Crippen LogP contribution in [0.3, 0.4) is 0 Å². The summed E-state index contributed by atoms with van der Waals surface area (Å²) in [6.07, 6.45) is 5.20. The highest BCUT2D eigenvalue weighted by Crippen LogP contribution is 2.23. The highest BCUT2D eigenvalue weighted by atomic mass is 32.1. The third kappa shape index (κ3) is 5.30. The van der Waals surface area contributed by atoms with E-state index in [4.69, 9.17) is 12.2 Å². The van der Waals surface area contributed by atoms with Crippen molar-refractivity contribution in [1.29, 1.82) is 0 Å². The van der Waals surface area contributed by atoms with Gasteiger partial charge in [0.2, 0.25) is 5.91 Å². The molecule has 1 aliphatic rings. The summed E-state index contributed by atoms with van der Waals surface area (Å²) in [6, 6.07) is 7.41. The summed E-state index contributed by atoms with van der Waals surface area (Å²) >= 11 is 5.06. The largest absolute Gasteiger partial charge is 0.298 e. The number of hydrazine groups is 1. The van der Waals surface area contributed by atoms with Gasteiger partial charge in [-0.3, -0.25) is 25.8 Å². The van der Waals surface area contributed by atoms with E-state index in [0.29, 0.717) is 11.5 Å². The lowest BCUT2D eigenvalue weighted by atomic mass is 9.89. The maximum Gasteiger partial charge on any atom is 0.257 e. The van der Waals surface area contributed by atoms with Crippen molar-refractivity contribution >= 4 is 29.1 Å². The number of carbonyl (C=O) groups excluding carboxylic acids is 2. The maximum atomic E-state index is 12.1. The Labute approximate surface area is 148 Å². The van der Waals surface area contributed by atoms with Gasteiger partial charge in [-0.25, -0.2) is 0 Å². The number of benzene rings is 1. The van der Waals surface area contributed by atoms with Gasteiger partial charge in [0, 0.05) is 11.5 Å². The number of hydrogen-bond acceptors (Lipinski definition) is 3. The molecular weight excluding hydrogens is 322 g/mol. The second-order valence-corrected chi connectivity index (χ2v) is 6.92. The Balaban J connectivity index is 1.78. The van der Waals surface area contributed by atoms with E-state index in [1.807, 2.05) is 12.1 Å². The first-order valence-corrected chi connectivity index (χ1v) is 8.89. The van der Waals surface area contributed by atoms with Crippen LogP contribution in [-0.2, 0) is 4.79 Å². The van der Waals surface area contributed by atoms with Crippen molar-refractivity contribution in [1.82, 2.24) is 16.2 Å². The van der Waals surface area contributed by atoms with Gasteiger partial charge in [0.25, 0.3) is 5.91 Å². The minimum absolute atomic E-state index is 0.0355. The average molecular weight is 347 g/mol. The molecule has 2 rings (SSSR count). The summed E-state index contributed by atoms with van der Waals surface area (Å²) in [4.78, 5) is 24.1. The van der Waals surface area contributed by atoms with Gasteiger partial charge in [-0.05, 0) is 48.7 Å². The monoisotopic (exact) mass is 347 g/mol. The fraction of sp³-hybridized carbons (Fsp3) is 0.500. The fourth-order valence-electron chi connectivity index (χ4n) is 2.81. The van der Waals surface area contributed by atoms with Crippen LogP contribution in [0.25, 0.3) is 0 Å². The van der Waals surface area contributed by atoms with Gasteiger partial charge in [-0.1, -0.05) is 45.2 Å². The van der Waals surface area contributed by atoms with E-state index in [-0.39, 0.29) is 22.8 Å². The van der Waals surface area contributed by atoms with Crippen LogP contribution in [0, 0.1) is 5.92 Å². The van der Waals surface area contributed by atoms with Gasteiger partial charge in [0.1, 0.15) is 0 Å². The van der Waals surface area contributed by atoms with Crippen LogP contribution >= 0.6 is 12.2 Å². The zero-order valence-electron chi connectivity index (χ0n) is 14.2. The molecule has 130 valence electrons. The number of hydrogen-bond donors (Lipinski definition) is 3. The summed E-state index contributed by atoms with van der Waals surface area (Å²) < 4.78 is 0. The molecule has 6 heteroatoms. The Morgan fingerprint density at radius 3 is 2.25 bits per heavy atom. The van der Waals surface area contributed by atoms with Crippen LogP contribution in [0.1, 0.15) is 67.8 Å². The number of rotatable bonds is 3. The smallest absolute Gasteiger partial charge is 0.257 e. The lowest BCUT2D eigenvalue weighted by molar-refractivity contribution is -0.126. The molecular formula is C18H25N3O2S. The van der Waals surface area contributed by atoms with E-state index in [2.05, 4.69) is 30.0 Å². The SMILES string of the molecule is CC(C)c1ccc(C(=O)NC(=S)NNC(=O)C2CCCCC2)cc1. The van der Waals surface area contributed by atoms with Gasteiger partial charge in [0.15, 0.2) is 5.11 Å². The molecule has 0 aromatic heterocycles. The second kappa shape index (κ2) is 8.78. The van der Waals surface area contributed by atoms with Gasteiger partial charge >= 0.3 is 0 Å². The van der Waals surface area contributed by atoms with Gasteiger partial charge in [-0.2, -0.15) is 0 Å². The fourth-order valence-corrected chi connectivity index (χ4v) is 2.95. The molecule has 0 bridgehead atoms. The van der Waals surface area contributed by atoms with E-state index in [1.54, 1.807) is 12.1 Å². The lowest BCUT2D eigenvalue weighted by Gasteiger charge is -2.21. The van der Waals surface area contributed by atoms with E-state index < -0.39 is 0 Å². The molecule has 1 fully saturated rings. The second-order valence-electron chi connectivity index (χ2n) is 6.51. The van der Waals surface area contributed by atoms with E-state index >= 15 is 0 Å². The van der Waals surface area contributed by atoms with Crippen molar-refractivity contribution in [2.24, 2.45) is 5.92 Å². The molecule has 0 spiro atoms. The Kier molecular flexibility index (Phi) is 6.73. The molecule has 0 unspecified atom stereocenters. The van der Waals surface area contributed by atoms with Crippen LogP contribution in [0.15, 0.2) is 24.3 Å². The summed E-state index contributed by atoms with van der Waals surface area (Å²) in [5, 5.41) is 2.66. The maximum absolute atomic E-state index is 12.1. The summed E-state index contributed by atoms with van der Waals surface area (Å²) in [5.41, 5.74) is 6.90. The molecule has 1 saturated carbocycles. The van der Waals surface area contributed by atoms with Crippen LogP contribution in [0.5, 0.6) is 0 Å². The molecule has 3 N–H and O–H groups in total. The zero-order valence-corrected chi connectivity index (χ0v) is 15.0. The zero-order chi connectivity index (χ0) is 17.5. The Morgan fingerprint density at radius 1 is 1.04 bits per heavy atom. The Morgan fingerprint density at radius 2 is 1.67 bits per heavy atom. The lowest BCUT2D eigenvalue weighted by Crippen LogP contribution is -2.50. The average Bonchev–Trinajstić information content (AvgIpc) is 2.60. The molecule has 0 radical (unpaired) electrons. The normalized spacial score (nSPS) is 15.0. The topological polar surface area (TPSA) is 70.2 Å². The number of carbonyl (C=O) groups is 2. The van der Waals surface area contributed by atoms with Crippen molar-refractivity contribution in [3.63, 3.8) is 0 Å². The molecule has 0 heterocycles. The molecule has 1 aromatic carbocycles. The van der Waals surface area contributed by atoms with E-state index in [9.17, 15) is 9.59 Å². The Bertz CT molecular complexity index is 593. The van der Waals surface area contributed by atoms with Crippen molar-refractivity contribution < 1.29 is 9.59 Å². The number of nitrogens with one attached hydrogen (secondary N) is 3. The van der Waals surface area contributed by atoms with Crippen molar-refractivity contribution in [2.45, 2.75) is 51.9 Å². The van der Waals surface area contributed by atoms with E-state index in [1.165, 1.54) is 12.0 Å². The molecule has 24 heavy (non-hydrogen) atoms. The molecule has 0 atom stereocenters. The van der Waals surface area contributed by atoms with Crippen LogP contribution in [0.4, 0.5) is 0 Å². The highest BCUT2D eigenvalue weighted by molar-refractivity contribution is 7.80. The standard InChI is InChI=1S/C18H25N3O2S/c1-12(2)13-8-10-15(11-9-13)16(22)19-18(24)21-20-17(23)14-6-4-3-5-7-14/h8-12,14H,3-7H2,1-2H3,(H,20,23)(H2,19,21,22,24). The predicted molar refractivity (Wildman–Crippen MR) is 98.4 cm³/mol. The minimum atomic E-state index is -0.297. The summed E-state index contributed by atoms with van der Waals surface area (Å²) in [6.45, 7) is 4.20. The van der Waals surface area contributed by atoms with Crippen LogP contribution in [-0.4, -0.2) is 16.9 Å². The van der Waals surface area contributed by atoms with Crippen molar-refractivity contribution in [3.8, 4) is 0 Å². The third-order valence-electron chi connectivity index (χ3n) is 4.34. The first-order valence-electron chi connectivity index (χ1n) is 8.48. The molecule has 0 aliphatic heterocycles. The molecule has 5 nitrogen and oxygen atoms in total. The van der Waals surface area contributed by atoms with E-state index in [0.717, 1.165) is 25.7 Å². The summed E-state index contributed by atoms with van der Waals surface area (Å²) in [5.74, 6) is 0.0930. The van der Waals surface area contributed by atoms with Gasteiger partial charge < -0.3 is 0 Å². The molecule has 0 saturated heterocycles. The number of thiocarbonyl (C=S) groups is 1. The van der Waals surface area contributed by atoms with Gasteiger partial charge in [-0.15, -0.1) is 0 Å². The Hall–Kier alpha value is -1.95. The molecule has 1 aliphatic carbocycles. The van der Waals surface area contributed by atoms with Gasteiger partial charge in [0.05, 0.1) is 0 Å². The van der Waals surface area contributed by atoms with Crippen molar-refractivity contribution in [2.75, 3.05) is 0 Å². The highest BCUT2D eigenvalue weighted by Gasteiger charge is 2.21. The van der Waals surface area contributed by atoms with Crippen LogP contribution < -0.4 is 16.2 Å². The first kappa shape index (κ1) is 18.4. The predicted octanol–water partition coefficient (Wildman–Crippen LogP) is 3.03.